The standard InChI is InChI=1S/C19H20N4O/c24-19(23-10-8-20-9-11-23)15-6-7-16-17(13-15)22-18(21-16)12-14-4-2-1-3-5-14/h1-7,13,20H,8-12H2,(H,21,22). The molecule has 1 aliphatic heterocycles. The number of benzene rings is 2. The predicted octanol–water partition coefficient (Wildman–Crippen LogP) is 2.20. The largest absolute Gasteiger partial charge is 0.342 e. The topological polar surface area (TPSA) is 61.0 Å². The third kappa shape index (κ3) is 3.03. The Labute approximate surface area is 140 Å². The number of aromatic nitrogens is 2. The highest BCUT2D eigenvalue weighted by Crippen LogP contribution is 2.17. The van der Waals surface area contributed by atoms with Crippen molar-refractivity contribution in [2.45, 2.75) is 6.42 Å². The predicted molar refractivity (Wildman–Crippen MR) is 94.1 cm³/mol. The molecule has 1 aromatic heterocycles. The summed E-state index contributed by atoms with van der Waals surface area (Å²) in [6, 6.07) is 16.0. The number of nitrogens with zero attached hydrogens (tertiary/aromatic N) is 2. The highest BCUT2D eigenvalue weighted by atomic mass is 16.2. The molecule has 0 atom stereocenters. The maximum atomic E-state index is 12.6. The summed E-state index contributed by atoms with van der Waals surface area (Å²) >= 11 is 0. The van der Waals surface area contributed by atoms with Crippen molar-refractivity contribution in [3.05, 3.63) is 65.5 Å². The molecule has 0 aliphatic carbocycles. The van der Waals surface area contributed by atoms with Crippen molar-refractivity contribution < 1.29 is 4.79 Å². The Morgan fingerprint density at radius 3 is 2.67 bits per heavy atom. The van der Waals surface area contributed by atoms with Crippen molar-refractivity contribution in [3.8, 4) is 0 Å². The van der Waals surface area contributed by atoms with Crippen LogP contribution in [0.25, 0.3) is 11.0 Å². The van der Waals surface area contributed by atoms with Crippen molar-refractivity contribution in [1.29, 1.82) is 0 Å². The van der Waals surface area contributed by atoms with Crippen LogP contribution in [0.3, 0.4) is 0 Å². The first kappa shape index (κ1) is 14.9. The van der Waals surface area contributed by atoms with E-state index in [0.717, 1.165) is 55.0 Å². The van der Waals surface area contributed by atoms with Gasteiger partial charge in [-0.05, 0) is 23.8 Å². The van der Waals surface area contributed by atoms with E-state index in [1.54, 1.807) is 0 Å². The molecular weight excluding hydrogens is 300 g/mol. The van der Waals surface area contributed by atoms with Crippen molar-refractivity contribution >= 4 is 16.9 Å². The van der Waals surface area contributed by atoms with Crippen molar-refractivity contribution in [3.63, 3.8) is 0 Å². The van der Waals surface area contributed by atoms with E-state index >= 15 is 0 Å². The summed E-state index contributed by atoms with van der Waals surface area (Å²) < 4.78 is 0. The van der Waals surface area contributed by atoms with E-state index in [-0.39, 0.29) is 5.91 Å². The summed E-state index contributed by atoms with van der Waals surface area (Å²) in [5.74, 6) is 1.01. The molecule has 122 valence electrons. The number of hydrogen-bond acceptors (Lipinski definition) is 3. The third-order valence-electron chi connectivity index (χ3n) is 4.40. The van der Waals surface area contributed by atoms with Crippen LogP contribution in [0.15, 0.2) is 48.5 Å². The molecule has 0 radical (unpaired) electrons. The maximum absolute atomic E-state index is 12.6. The fourth-order valence-corrected chi connectivity index (χ4v) is 3.12. The monoisotopic (exact) mass is 320 g/mol. The van der Waals surface area contributed by atoms with E-state index < -0.39 is 0 Å². The van der Waals surface area contributed by atoms with E-state index in [4.69, 9.17) is 0 Å². The summed E-state index contributed by atoms with van der Waals surface area (Å²) in [5, 5.41) is 3.27. The molecular formula is C19H20N4O. The van der Waals surface area contributed by atoms with Crippen LogP contribution < -0.4 is 5.32 Å². The van der Waals surface area contributed by atoms with Gasteiger partial charge in [-0.25, -0.2) is 4.98 Å². The first-order valence-electron chi connectivity index (χ1n) is 8.32. The number of aromatic amines is 1. The van der Waals surface area contributed by atoms with Gasteiger partial charge >= 0.3 is 0 Å². The number of H-pyrrole nitrogens is 1. The Morgan fingerprint density at radius 1 is 1.08 bits per heavy atom. The zero-order chi connectivity index (χ0) is 16.4. The Morgan fingerprint density at radius 2 is 1.88 bits per heavy atom. The second-order valence-corrected chi connectivity index (χ2v) is 6.12. The van der Waals surface area contributed by atoms with Crippen LogP contribution in [0.2, 0.25) is 0 Å². The van der Waals surface area contributed by atoms with Gasteiger partial charge in [0.15, 0.2) is 0 Å². The van der Waals surface area contributed by atoms with Gasteiger partial charge in [-0.3, -0.25) is 4.79 Å². The highest BCUT2D eigenvalue weighted by molar-refractivity contribution is 5.97. The lowest BCUT2D eigenvalue weighted by molar-refractivity contribution is 0.0736. The Kier molecular flexibility index (Phi) is 4.01. The average molecular weight is 320 g/mol. The molecule has 5 heteroatoms. The molecule has 5 nitrogen and oxygen atoms in total. The van der Waals surface area contributed by atoms with Gasteiger partial charge in [-0.2, -0.15) is 0 Å². The molecule has 2 heterocycles. The number of rotatable bonds is 3. The molecule has 24 heavy (non-hydrogen) atoms. The van der Waals surface area contributed by atoms with Gasteiger partial charge in [-0.15, -0.1) is 0 Å². The molecule has 3 aromatic rings. The van der Waals surface area contributed by atoms with Gasteiger partial charge in [0.2, 0.25) is 0 Å². The third-order valence-corrected chi connectivity index (χ3v) is 4.40. The van der Waals surface area contributed by atoms with Gasteiger partial charge in [0.25, 0.3) is 5.91 Å². The Balaban J connectivity index is 1.57. The molecule has 4 rings (SSSR count). The number of hydrogen-bond donors (Lipinski definition) is 2. The summed E-state index contributed by atoms with van der Waals surface area (Å²) in [4.78, 5) is 22.5. The Bertz CT molecular complexity index is 850. The number of carbonyl (C=O) groups excluding carboxylic acids is 1. The van der Waals surface area contributed by atoms with Crippen LogP contribution in [0.5, 0.6) is 0 Å². The maximum Gasteiger partial charge on any atom is 0.254 e. The van der Waals surface area contributed by atoms with Crippen LogP contribution in [-0.2, 0) is 6.42 Å². The number of amides is 1. The summed E-state index contributed by atoms with van der Waals surface area (Å²) in [7, 11) is 0. The number of piperazine rings is 1. The summed E-state index contributed by atoms with van der Waals surface area (Å²) in [6.07, 6.45) is 0.761. The van der Waals surface area contributed by atoms with Gasteiger partial charge in [-0.1, -0.05) is 30.3 Å². The molecule has 0 saturated carbocycles. The van der Waals surface area contributed by atoms with Crippen molar-refractivity contribution in [2.24, 2.45) is 0 Å². The van der Waals surface area contributed by atoms with E-state index in [2.05, 4.69) is 27.4 Å². The van der Waals surface area contributed by atoms with Crippen molar-refractivity contribution in [2.75, 3.05) is 26.2 Å². The smallest absolute Gasteiger partial charge is 0.254 e. The fourth-order valence-electron chi connectivity index (χ4n) is 3.12. The number of carbonyl (C=O) groups is 1. The molecule has 0 bridgehead atoms. The lowest BCUT2D eigenvalue weighted by Crippen LogP contribution is -2.46. The number of fused-ring (bicyclic) bond motifs is 1. The molecule has 1 fully saturated rings. The molecule has 1 aliphatic rings. The second-order valence-electron chi connectivity index (χ2n) is 6.12. The second kappa shape index (κ2) is 6.45. The first-order chi connectivity index (χ1) is 11.8. The van der Waals surface area contributed by atoms with E-state index in [9.17, 15) is 4.79 Å². The van der Waals surface area contributed by atoms with Gasteiger partial charge in [0.05, 0.1) is 11.0 Å². The van der Waals surface area contributed by atoms with E-state index in [0.29, 0.717) is 0 Å². The fraction of sp³-hybridized carbons (Fsp3) is 0.263. The SMILES string of the molecule is O=C(c1ccc2nc(Cc3ccccc3)[nH]c2c1)N1CCNCC1. The number of nitrogens with one attached hydrogen (secondary N) is 2. The van der Waals surface area contributed by atoms with Gasteiger partial charge in [0, 0.05) is 38.2 Å². The minimum absolute atomic E-state index is 0.0950. The van der Waals surface area contributed by atoms with Gasteiger partial charge < -0.3 is 15.2 Å². The molecule has 0 unspecified atom stereocenters. The van der Waals surface area contributed by atoms with Crippen molar-refractivity contribution in [1.82, 2.24) is 20.2 Å². The Hall–Kier alpha value is -2.66. The minimum atomic E-state index is 0.0950. The minimum Gasteiger partial charge on any atom is -0.342 e. The normalized spacial score (nSPS) is 14.9. The zero-order valence-electron chi connectivity index (χ0n) is 13.5. The zero-order valence-corrected chi connectivity index (χ0v) is 13.5. The summed E-state index contributed by atoms with van der Waals surface area (Å²) in [5.41, 5.74) is 3.76. The van der Waals surface area contributed by atoms with E-state index in [1.807, 2.05) is 41.3 Å². The van der Waals surface area contributed by atoms with Crippen LogP contribution in [0.4, 0.5) is 0 Å². The first-order valence-corrected chi connectivity index (χ1v) is 8.32. The van der Waals surface area contributed by atoms with Crippen LogP contribution in [0, 0.1) is 0 Å². The van der Waals surface area contributed by atoms with Crippen LogP contribution >= 0.6 is 0 Å². The number of imidazole rings is 1. The van der Waals surface area contributed by atoms with Crippen LogP contribution in [-0.4, -0.2) is 47.0 Å². The lowest BCUT2D eigenvalue weighted by Gasteiger charge is -2.27. The lowest BCUT2D eigenvalue weighted by atomic mass is 10.1. The quantitative estimate of drug-likeness (QED) is 0.778. The van der Waals surface area contributed by atoms with Gasteiger partial charge in [0.1, 0.15) is 5.82 Å². The molecule has 2 N–H and O–H groups in total. The average Bonchev–Trinajstić information content (AvgIpc) is 3.04. The summed E-state index contributed by atoms with van der Waals surface area (Å²) in [6.45, 7) is 3.25. The molecule has 1 amide bonds. The molecule has 1 saturated heterocycles. The molecule has 0 spiro atoms. The highest BCUT2D eigenvalue weighted by Gasteiger charge is 2.18. The van der Waals surface area contributed by atoms with Crippen LogP contribution in [0.1, 0.15) is 21.7 Å². The molecule has 2 aromatic carbocycles. The van der Waals surface area contributed by atoms with E-state index in [1.165, 1.54) is 5.56 Å².